The topological polar surface area (TPSA) is 87.3 Å². The van der Waals surface area contributed by atoms with E-state index in [-0.39, 0.29) is 12.1 Å². The minimum atomic E-state index is -3.30. The smallest absolute Gasteiger partial charge is 0.315 e. The highest BCUT2D eigenvalue weighted by molar-refractivity contribution is 7.92. The van der Waals surface area contributed by atoms with Gasteiger partial charge in [-0.3, -0.25) is 4.72 Å². The van der Waals surface area contributed by atoms with Crippen LogP contribution in [0.15, 0.2) is 24.3 Å². The molecule has 0 heterocycles. The van der Waals surface area contributed by atoms with Crippen LogP contribution in [0.3, 0.4) is 0 Å². The molecule has 7 heteroatoms. The van der Waals surface area contributed by atoms with Gasteiger partial charge >= 0.3 is 6.03 Å². The molecule has 3 N–H and O–H groups in total. The van der Waals surface area contributed by atoms with Crippen LogP contribution in [0.25, 0.3) is 0 Å². The van der Waals surface area contributed by atoms with E-state index in [1.54, 1.807) is 18.2 Å². The van der Waals surface area contributed by atoms with E-state index >= 15 is 0 Å². The average Bonchev–Trinajstić information content (AvgIpc) is 2.27. The van der Waals surface area contributed by atoms with E-state index in [0.717, 1.165) is 11.8 Å². The Hall–Kier alpha value is -1.76. The Morgan fingerprint density at radius 3 is 2.63 bits per heavy atom. The maximum absolute atomic E-state index is 11.4. The monoisotopic (exact) mass is 285 g/mol. The van der Waals surface area contributed by atoms with Crippen molar-refractivity contribution in [2.45, 2.75) is 19.9 Å². The molecular weight excluding hydrogens is 266 g/mol. The second-order valence-corrected chi connectivity index (χ2v) is 5.97. The van der Waals surface area contributed by atoms with Crippen molar-refractivity contribution in [1.29, 1.82) is 0 Å². The van der Waals surface area contributed by atoms with Crippen LogP contribution in [-0.4, -0.2) is 27.2 Å². The van der Waals surface area contributed by atoms with Gasteiger partial charge in [0.2, 0.25) is 10.0 Å². The van der Waals surface area contributed by atoms with Gasteiger partial charge in [0.05, 0.1) is 12.3 Å². The van der Waals surface area contributed by atoms with E-state index in [1.807, 2.05) is 19.9 Å². The first-order valence-electron chi connectivity index (χ1n) is 5.94. The van der Waals surface area contributed by atoms with Crippen molar-refractivity contribution in [1.82, 2.24) is 10.6 Å². The molecule has 1 aromatic carbocycles. The lowest BCUT2D eigenvalue weighted by atomic mass is 10.1. The minimum Gasteiger partial charge on any atom is -0.338 e. The molecule has 1 atom stereocenters. The summed E-state index contributed by atoms with van der Waals surface area (Å²) in [5.74, 6) is 0. The molecule has 0 aromatic heterocycles. The lowest BCUT2D eigenvalue weighted by molar-refractivity contribution is 0.238. The predicted octanol–water partition coefficient (Wildman–Crippen LogP) is 1.44. The van der Waals surface area contributed by atoms with Gasteiger partial charge in [0.25, 0.3) is 0 Å². The average molecular weight is 285 g/mol. The fourth-order valence-corrected chi connectivity index (χ4v) is 2.13. The van der Waals surface area contributed by atoms with Crippen LogP contribution in [0.5, 0.6) is 0 Å². The number of nitrogens with one attached hydrogen (secondary N) is 3. The molecule has 6 nitrogen and oxygen atoms in total. The summed E-state index contributed by atoms with van der Waals surface area (Å²) in [4.78, 5) is 11.4. The third-order valence-corrected chi connectivity index (χ3v) is 2.98. The Morgan fingerprint density at radius 1 is 1.37 bits per heavy atom. The Balaban J connectivity index is 2.78. The summed E-state index contributed by atoms with van der Waals surface area (Å²) in [5.41, 5.74) is 1.30. The first kappa shape index (κ1) is 15.3. The van der Waals surface area contributed by atoms with Gasteiger partial charge in [0, 0.05) is 12.2 Å². The number of urea groups is 1. The molecule has 19 heavy (non-hydrogen) atoms. The summed E-state index contributed by atoms with van der Waals surface area (Å²) in [6.07, 6.45) is 1.09. The zero-order valence-corrected chi connectivity index (χ0v) is 12.0. The van der Waals surface area contributed by atoms with Crippen molar-refractivity contribution in [2.24, 2.45) is 0 Å². The standard InChI is InChI=1S/C12H19N3O3S/c1-4-13-12(16)14-9(2)10-6-5-7-11(8-10)15-19(3,17)18/h5-9,15H,4H2,1-3H3,(H2,13,14,16)/t9-/m1/s1. The number of carbonyl (C=O) groups is 1. The minimum absolute atomic E-state index is 0.215. The molecule has 1 rings (SSSR count). The summed E-state index contributed by atoms with van der Waals surface area (Å²) in [6, 6.07) is 6.44. The van der Waals surface area contributed by atoms with E-state index < -0.39 is 10.0 Å². The quantitative estimate of drug-likeness (QED) is 0.765. The zero-order chi connectivity index (χ0) is 14.5. The molecule has 0 aliphatic rings. The molecule has 0 aliphatic heterocycles. The molecule has 2 amide bonds. The molecule has 0 aliphatic carbocycles. The van der Waals surface area contributed by atoms with Gasteiger partial charge < -0.3 is 10.6 Å². The fraction of sp³-hybridized carbons (Fsp3) is 0.417. The first-order valence-corrected chi connectivity index (χ1v) is 7.83. The normalized spacial score (nSPS) is 12.6. The molecule has 0 radical (unpaired) electrons. The van der Waals surface area contributed by atoms with Gasteiger partial charge in [-0.25, -0.2) is 13.2 Å². The maximum atomic E-state index is 11.4. The molecule has 0 saturated carbocycles. The highest BCUT2D eigenvalue weighted by atomic mass is 32.2. The molecule has 106 valence electrons. The maximum Gasteiger partial charge on any atom is 0.315 e. The zero-order valence-electron chi connectivity index (χ0n) is 11.2. The van der Waals surface area contributed by atoms with Gasteiger partial charge in [0.1, 0.15) is 0 Å². The van der Waals surface area contributed by atoms with E-state index in [9.17, 15) is 13.2 Å². The molecule has 0 bridgehead atoms. The van der Waals surface area contributed by atoms with E-state index in [2.05, 4.69) is 15.4 Å². The van der Waals surface area contributed by atoms with Gasteiger partial charge in [-0.15, -0.1) is 0 Å². The van der Waals surface area contributed by atoms with Crippen molar-refractivity contribution in [3.8, 4) is 0 Å². The Morgan fingerprint density at radius 2 is 2.05 bits per heavy atom. The van der Waals surface area contributed by atoms with Crippen molar-refractivity contribution >= 4 is 21.7 Å². The van der Waals surface area contributed by atoms with Crippen LogP contribution in [0.4, 0.5) is 10.5 Å². The van der Waals surface area contributed by atoms with Crippen LogP contribution < -0.4 is 15.4 Å². The molecule has 0 spiro atoms. The van der Waals surface area contributed by atoms with Crippen LogP contribution in [0.1, 0.15) is 25.5 Å². The third-order valence-electron chi connectivity index (χ3n) is 2.37. The van der Waals surface area contributed by atoms with Crippen LogP contribution >= 0.6 is 0 Å². The Bertz CT molecular complexity index is 543. The second-order valence-electron chi connectivity index (χ2n) is 4.23. The SMILES string of the molecule is CCNC(=O)N[C@H](C)c1cccc(NS(C)(=O)=O)c1. The third kappa shape index (κ3) is 5.60. The van der Waals surface area contributed by atoms with E-state index in [4.69, 9.17) is 0 Å². The highest BCUT2D eigenvalue weighted by Crippen LogP contribution is 2.17. The Kier molecular flexibility index (Phi) is 5.17. The highest BCUT2D eigenvalue weighted by Gasteiger charge is 2.10. The van der Waals surface area contributed by atoms with E-state index in [1.165, 1.54) is 0 Å². The van der Waals surface area contributed by atoms with Crippen molar-refractivity contribution < 1.29 is 13.2 Å². The van der Waals surface area contributed by atoms with E-state index in [0.29, 0.717) is 12.2 Å². The number of anilines is 1. The van der Waals surface area contributed by atoms with Crippen molar-refractivity contribution in [2.75, 3.05) is 17.5 Å². The molecule has 0 fully saturated rings. The number of hydrogen-bond donors (Lipinski definition) is 3. The summed E-state index contributed by atoms with van der Waals surface area (Å²) in [6.45, 7) is 4.21. The predicted molar refractivity (Wildman–Crippen MR) is 75.5 cm³/mol. The first-order chi connectivity index (χ1) is 8.81. The van der Waals surface area contributed by atoms with Gasteiger partial charge in [-0.1, -0.05) is 12.1 Å². The number of hydrogen-bond acceptors (Lipinski definition) is 3. The molecule has 0 saturated heterocycles. The number of benzene rings is 1. The van der Waals surface area contributed by atoms with Gasteiger partial charge in [-0.2, -0.15) is 0 Å². The Labute approximate surface area is 113 Å². The summed E-state index contributed by atoms with van der Waals surface area (Å²) >= 11 is 0. The molecule has 1 aromatic rings. The summed E-state index contributed by atoms with van der Waals surface area (Å²) in [7, 11) is -3.30. The van der Waals surface area contributed by atoms with Crippen LogP contribution in [0, 0.1) is 0 Å². The molecule has 0 unspecified atom stereocenters. The molecular formula is C12H19N3O3S. The number of carbonyl (C=O) groups excluding carboxylic acids is 1. The second kappa shape index (κ2) is 6.42. The number of amides is 2. The lowest BCUT2D eigenvalue weighted by Crippen LogP contribution is -2.36. The fourth-order valence-electron chi connectivity index (χ4n) is 1.58. The largest absolute Gasteiger partial charge is 0.338 e. The number of rotatable bonds is 5. The van der Waals surface area contributed by atoms with Gasteiger partial charge in [0.15, 0.2) is 0 Å². The van der Waals surface area contributed by atoms with Crippen LogP contribution in [-0.2, 0) is 10.0 Å². The number of sulfonamides is 1. The lowest BCUT2D eigenvalue weighted by Gasteiger charge is -2.15. The summed E-state index contributed by atoms with van der Waals surface area (Å²) in [5, 5.41) is 5.40. The van der Waals surface area contributed by atoms with Crippen LogP contribution in [0.2, 0.25) is 0 Å². The van der Waals surface area contributed by atoms with Crippen molar-refractivity contribution in [3.05, 3.63) is 29.8 Å². The van der Waals surface area contributed by atoms with Crippen molar-refractivity contribution in [3.63, 3.8) is 0 Å². The summed E-state index contributed by atoms with van der Waals surface area (Å²) < 4.78 is 24.7. The van der Waals surface area contributed by atoms with Gasteiger partial charge in [-0.05, 0) is 31.5 Å².